The second-order valence-electron chi connectivity index (χ2n) is 7.13. The van der Waals surface area contributed by atoms with Gasteiger partial charge in [0.1, 0.15) is 11.5 Å². The average Bonchev–Trinajstić information content (AvgIpc) is 3.15. The monoisotopic (exact) mass is 469 g/mol. The highest BCUT2D eigenvalue weighted by atomic mass is 32.1. The lowest BCUT2D eigenvalue weighted by atomic mass is 10.1. The van der Waals surface area contributed by atoms with E-state index >= 15 is 0 Å². The Hall–Kier alpha value is -3.78. The molecule has 0 saturated heterocycles. The molecule has 8 heteroatoms. The number of thiophene rings is 1. The molecule has 2 N–H and O–H groups in total. The van der Waals surface area contributed by atoms with Gasteiger partial charge in [0.2, 0.25) is 5.91 Å². The summed E-state index contributed by atoms with van der Waals surface area (Å²) in [5.41, 5.74) is 0.644. The molecule has 0 spiro atoms. The molecule has 0 radical (unpaired) electrons. The first-order valence-electron chi connectivity index (χ1n) is 9.85. The maximum Gasteiger partial charge on any atom is 0.416 e. The van der Waals surface area contributed by atoms with E-state index in [0.717, 1.165) is 27.8 Å². The number of phenolic OH excluding ortho intramolecular Hbond substituents is 1. The van der Waals surface area contributed by atoms with E-state index < -0.39 is 11.7 Å². The standard InChI is InChI=1S/C25H18F3NO3S/c1-29-22(31)13-4-15-2-10-19(11-3-15)32-23-20-12-9-18(30)14-21(20)33-24(23)16-5-7-17(8-6-16)25(26,27)28/h2-14,30H,1H3,(H,29,31)/b13-4+. The van der Waals surface area contributed by atoms with Crippen LogP contribution in [0.2, 0.25) is 0 Å². The van der Waals surface area contributed by atoms with Crippen LogP contribution in [-0.2, 0) is 11.0 Å². The zero-order valence-electron chi connectivity index (χ0n) is 17.3. The fraction of sp³-hybridized carbons (Fsp3) is 0.0800. The molecule has 168 valence electrons. The van der Waals surface area contributed by atoms with Crippen molar-refractivity contribution >= 4 is 33.4 Å². The number of carbonyl (C=O) groups excluding carboxylic acids is 1. The molecule has 33 heavy (non-hydrogen) atoms. The van der Waals surface area contributed by atoms with E-state index in [1.807, 2.05) is 0 Å². The lowest BCUT2D eigenvalue weighted by Crippen LogP contribution is -2.13. The molecule has 0 unspecified atom stereocenters. The smallest absolute Gasteiger partial charge is 0.416 e. The molecule has 1 heterocycles. The van der Waals surface area contributed by atoms with Crippen LogP contribution in [0.4, 0.5) is 13.2 Å². The third kappa shape index (κ3) is 5.01. The molecule has 4 aromatic rings. The van der Waals surface area contributed by atoms with Gasteiger partial charge in [-0.05, 0) is 59.7 Å². The number of hydrogen-bond donors (Lipinski definition) is 2. The zero-order chi connectivity index (χ0) is 23.6. The van der Waals surface area contributed by atoms with E-state index in [1.165, 1.54) is 35.6 Å². The lowest BCUT2D eigenvalue weighted by Gasteiger charge is -2.10. The molecule has 4 nitrogen and oxygen atoms in total. The summed E-state index contributed by atoms with van der Waals surface area (Å²) in [6, 6.07) is 16.8. The van der Waals surface area contributed by atoms with Crippen molar-refractivity contribution in [3.63, 3.8) is 0 Å². The van der Waals surface area contributed by atoms with Crippen LogP contribution < -0.4 is 10.1 Å². The van der Waals surface area contributed by atoms with Crippen LogP contribution in [0.15, 0.2) is 72.8 Å². The van der Waals surface area contributed by atoms with Crippen molar-refractivity contribution in [1.29, 1.82) is 0 Å². The van der Waals surface area contributed by atoms with Gasteiger partial charge in [0.15, 0.2) is 5.75 Å². The molecule has 0 aliphatic carbocycles. The number of fused-ring (bicyclic) bond motifs is 1. The van der Waals surface area contributed by atoms with Gasteiger partial charge in [0, 0.05) is 23.2 Å². The average molecular weight is 469 g/mol. The molecule has 0 aliphatic heterocycles. The number of aromatic hydroxyl groups is 1. The minimum Gasteiger partial charge on any atom is -0.508 e. The molecule has 3 aromatic carbocycles. The van der Waals surface area contributed by atoms with Gasteiger partial charge in [-0.3, -0.25) is 4.79 Å². The minimum atomic E-state index is -4.42. The molecule has 0 atom stereocenters. The van der Waals surface area contributed by atoms with Crippen molar-refractivity contribution in [2.45, 2.75) is 6.18 Å². The van der Waals surface area contributed by atoms with Gasteiger partial charge in [0.05, 0.1) is 10.4 Å². The lowest BCUT2D eigenvalue weighted by molar-refractivity contribution is -0.137. The van der Waals surface area contributed by atoms with Gasteiger partial charge in [-0.2, -0.15) is 13.2 Å². The van der Waals surface area contributed by atoms with Crippen LogP contribution in [0.3, 0.4) is 0 Å². The van der Waals surface area contributed by atoms with Crippen molar-refractivity contribution < 1.29 is 27.8 Å². The third-order valence-corrected chi connectivity index (χ3v) is 6.06. The van der Waals surface area contributed by atoms with Crippen molar-refractivity contribution in [3.8, 4) is 27.7 Å². The summed E-state index contributed by atoms with van der Waals surface area (Å²) >= 11 is 1.32. The molecular weight excluding hydrogens is 451 g/mol. The van der Waals surface area contributed by atoms with Crippen molar-refractivity contribution in [1.82, 2.24) is 5.32 Å². The summed E-state index contributed by atoms with van der Waals surface area (Å²) in [7, 11) is 1.54. The maximum absolute atomic E-state index is 13.0. The molecule has 1 amide bonds. The Morgan fingerprint density at radius 1 is 1.03 bits per heavy atom. The highest BCUT2D eigenvalue weighted by Crippen LogP contribution is 2.47. The summed E-state index contributed by atoms with van der Waals surface area (Å²) in [5.74, 6) is 0.877. The van der Waals surface area contributed by atoms with E-state index in [0.29, 0.717) is 21.9 Å². The Morgan fingerprint density at radius 3 is 2.36 bits per heavy atom. The van der Waals surface area contributed by atoms with E-state index in [1.54, 1.807) is 49.5 Å². The molecular formula is C25H18F3NO3S. The van der Waals surface area contributed by atoms with Gasteiger partial charge in [-0.25, -0.2) is 0 Å². The Bertz CT molecular complexity index is 1320. The second-order valence-corrected chi connectivity index (χ2v) is 8.19. The summed E-state index contributed by atoms with van der Waals surface area (Å²) in [6.07, 6.45) is -1.34. The number of rotatable bonds is 5. The third-order valence-electron chi connectivity index (χ3n) is 4.88. The first-order valence-corrected chi connectivity index (χ1v) is 10.7. The second kappa shape index (κ2) is 8.99. The molecule has 1 aromatic heterocycles. The van der Waals surface area contributed by atoms with Gasteiger partial charge in [-0.15, -0.1) is 11.3 Å². The number of halogens is 3. The number of alkyl halides is 3. The number of carbonyl (C=O) groups is 1. The zero-order valence-corrected chi connectivity index (χ0v) is 18.1. The fourth-order valence-electron chi connectivity index (χ4n) is 3.18. The Labute approximate surface area is 191 Å². The Kier molecular flexibility index (Phi) is 6.11. The number of nitrogens with one attached hydrogen (secondary N) is 1. The van der Waals surface area contributed by atoms with E-state index in [2.05, 4.69) is 5.32 Å². The van der Waals surface area contributed by atoms with E-state index in [-0.39, 0.29) is 11.7 Å². The summed E-state index contributed by atoms with van der Waals surface area (Å²) in [4.78, 5) is 12.0. The van der Waals surface area contributed by atoms with Gasteiger partial charge < -0.3 is 15.2 Å². The van der Waals surface area contributed by atoms with Crippen LogP contribution in [0.1, 0.15) is 11.1 Å². The van der Waals surface area contributed by atoms with Crippen LogP contribution in [0.5, 0.6) is 17.2 Å². The number of ether oxygens (including phenoxy) is 1. The maximum atomic E-state index is 13.0. The highest BCUT2D eigenvalue weighted by molar-refractivity contribution is 7.22. The molecule has 0 bridgehead atoms. The van der Waals surface area contributed by atoms with Gasteiger partial charge in [-0.1, -0.05) is 24.3 Å². The normalized spacial score (nSPS) is 11.8. The van der Waals surface area contributed by atoms with Crippen LogP contribution in [0, 0.1) is 0 Å². The highest BCUT2D eigenvalue weighted by Gasteiger charge is 2.30. The summed E-state index contributed by atoms with van der Waals surface area (Å²) in [5, 5.41) is 13.1. The Morgan fingerprint density at radius 2 is 1.73 bits per heavy atom. The van der Waals surface area contributed by atoms with Crippen molar-refractivity contribution in [2.24, 2.45) is 0 Å². The van der Waals surface area contributed by atoms with Crippen LogP contribution in [0.25, 0.3) is 26.6 Å². The molecule has 0 fully saturated rings. The number of likely N-dealkylation sites (N-methyl/N-ethyl adjacent to an activating group) is 1. The quantitative estimate of drug-likeness (QED) is 0.315. The van der Waals surface area contributed by atoms with Crippen molar-refractivity contribution in [2.75, 3.05) is 7.05 Å². The molecule has 4 rings (SSSR count). The number of benzene rings is 3. The van der Waals surface area contributed by atoms with Crippen LogP contribution in [-0.4, -0.2) is 18.1 Å². The number of hydrogen-bond acceptors (Lipinski definition) is 4. The fourth-order valence-corrected chi connectivity index (χ4v) is 4.35. The Balaban J connectivity index is 1.71. The summed E-state index contributed by atoms with van der Waals surface area (Å²) < 4.78 is 45.8. The van der Waals surface area contributed by atoms with Crippen LogP contribution >= 0.6 is 11.3 Å². The predicted octanol–water partition coefficient (Wildman–Crippen LogP) is 6.84. The number of amides is 1. The van der Waals surface area contributed by atoms with E-state index in [4.69, 9.17) is 4.74 Å². The largest absolute Gasteiger partial charge is 0.508 e. The van der Waals surface area contributed by atoms with Gasteiger partial charge >= 0.3 is 6.18 Å². The first kappa shape index (κ1) is 22.4. The number of phenols is 1. The first-order chi connectivity index (χ1) is 15.7. The topological polar surface area (TPSA) is 58.6 Å². The molecule has 0 saturated carbocycles. The molecule has 0 aliphatic rings. The summed E-state index contributed by atoms with van der Waals surface area (Å²) in [6.45, 7) is 0. The van der Waals surface area contributed by atoms with Gasteiger partial charge in [0.25, 0.3) is 0 Å². The van der Waals surface area contributed by atoms with Crippen molar-refractivity contribution in [3.05, 3.63) is 83.9 Å². The predicted molar refractivity (Wildman–Crippen MR) is 124 cm³/mol. The SMILES string of the molecule is CNC(=O)/C=C/c1ccc(Oc2c(-c3ccc(C(F)(F)F)cc3)sc3cc(O)ccc23)cc1. The minimum absolute atomic E-state index is 0.0847. The van der Waals surface area contributed by atoms with E-state index in [9.17, 15) is 23.1 Å².